The lowest BCUT2D eigenvalue weighted by Crippen LogP contribution is -2.04. The van der Waals surface area contributed by atoms with Crippen molar-refractivity contribution in [3.8, 4) is 11.1 Å². The second kappa shape index (κ2) is 6.78. The van der Waals surface area contributed by atoms with Gasteiger partial charge in [0, 0.05) is 5.56 Å². The summed E-state index contributed by atoms with van der Waals surface area (Å²) >= 11 is 2.96. The van der Waals surface area contributed by atoms with Crippen LogP contribution in [0.3, 0.4) is 0 Å². The molecule has 0 aliphatic heterocycles. The van der Waals surface area contributed by atoms with Crippen LogP contribution in [0, 0.1) is 6.92 Å². The van der Waals surface area contributed by atoms with Gasteiger partial charge in [0.15, 0.2) is 0 Å². The molecule has 0 saturated heterocycles. The molecule has 5 heteroatoms. The van der Waals surface area contributed by atoms with Crippen molar-refractivity contribution in [2.75, 3.05) is 0 Å². The molecule has 4 aromatic rings. The van der Waals surface area contributed by atoms with E-state index in [1.165, 1.54) is 16.9 Å². The molecule has 0 bridgehead atoms. The number of esters is 1. The summed E-state index contributed by atoms with van der Waals surface area (Å²) in [6.07, 6.45) is 0. The Kier molecular flexibility index (Phi) is 4.34. The van der Waals surface area contributed by atoms with E-state index in [4.69, 9.17) is 4.74 Å². The highest BCUT2D eigenvalue weighted by atomic mass is 32.1. The number of hydrogen-bond donors (Lipinski definition) is 0. The van der Waals surface area contributed by atoms with Gasteiger partial charge in [0.1, 0.15) is 16.5 Å². The Morgan fingerprint density at radius 2 is 1.88 bits per heavy atom. The van der Waals surface area contributed by atoms with Crippen LogP contribution in [-0.2, 0) is 11.3 Å². The average Bonchev–Trinajstić information content (AvgIpc) is 3.27. The minimum atomic E-state index is -0.301. The number of thiazole rings is 1. The van der Waals surface area contributed by atoms with Gasteiger partial charge < -0.3 is 4.74 Å². The number of aromatic nitrogens is 1. The zero-order chi connectivity index (χ0) is 17.2. The summed E-state index contributed by atoms with van der Waals surface area (Å²) in [5, 5.41) is 2.73. The third-order valence-electron chi connectivity index (χ3n) is 3.88. The van der Waals surface area contributed by atoms with Crippen LogP contribution in [0.5, 0.6) is 0 Å². The van der Waals surface area contributed by atoms with Crippen LogP contribution in [0.15, 0.2) is 60.0 Å². The largest absolute Gasteiger partial charge is 0.454 e. The average molecular weight is 365 g/mol. The van der Waals surface area contributed by atoms with Gasteiger partial charge in [0.2, 0.25) is 0 Å². The number of carbonyl (C=O) groups excluding carboxylic acids is 1. The smallest absolute Gasteiger partial charge is 0.349 e. The second-order valence-corrected chi connectivity index (χ2v) is 7.71. The number of benzene rings is 2. The van der Waals surface area contributed by atoms with Gasteiger partial charge in [-0.25, -0.2) is 9.78 Å². The van der Waals surface area contributed by atoms with Gasteiger partial charge in [-0.15, -0.1) is 22.7 Å². The van der Waals surface area contributed by atoms with Gasteiger partial charge in [0.05, 0.1) is 10.2 Å². The molecular weight excluding hydrogens is 350 g/mol. The zero-order valence-corrected chi connectivity index (χ0v) is 15.2. The molecule has 3 nitrogen and oxygen atoms in total. The molecule has 0 radical (unpaired) electrons. The number of carbonyl (C=O) groups is 1. The topological polar surface area (TPSA) is 39.2 Å². The number of para-hydroxylation sites is 1. The molecule has 0 aliphatic carbocycles. The molecule has 0 saturated carbocycles. The molecule has 2 aromatic carbocycles. The molecule has 0 fully saturated rings. The van der Waals surface area contributed by atoms with Crippen molar-refractivity contribution >= 4 is 38.9 Å². The van der Waals surface area contributed by atoms with Crippen molar-refractivity contribution < 1.29 is 9.53 Å². The number of fused-ring (bicyclic) bond motifs is 1. The summed E-state index contributed by atoms with van der Waals surface area (Å²) in [6.45, 7) is 2.24. The predicted molar refractivity (Wildman–Crippen MR) is 103 cm³/mol. The Labute approximate surface area is 153 Å². The Balaban J connectivity index is 1.52. The van der Waals surface area contributed by atoms with Crippen LogP contribution in [0.25, 0.3) is 21.3 Å². The number of nitrogens with zero attached hydrogens (tertiary/aromatic N) is 1. The Morgan fingerprint density at radius 3 is 2.68 bits per heavy atom. The van der Waals surface area contributed by atoms with E-state index < -0.39 is 0 Å². The fourth-order valence-corrected chi connectivity index (χ4v) is 4.29. The Morgan fingerprint density at radius 1 is 1.08 bits per heavy atom. The maximum atomic E-state index is 12.5. The van der Waals surface area contributed by atoms with E-state index in [0.717, 1.165) is 26.4 Å². The van der Waals surface area contributed by atoms with E-state index in [0.29, 0.717) is 4.88 Å². The van der Waals surface area contributed by atoms with Crippen molar-refractivity contribution in [2.24, 2.45) is 0 Å². The van der Waals surface area contributed by atoms with Crippen molar-refractivity contribution in [3.63, 3.8) is 0 Å². The van der Waals surface area contributed by atoms with Crippen LogP contribution in [0.1, 0.15) is 20.2 Å². The Bertz CT molecular complexity index is 998. The highest BCUT2D eigenvalue weighted by Crippen LogP contribution is 2.30. The quantitative estimate of drug-likeness (QED) is 0.436. The number of thiophene rings is 1. The first-order chi connectivity index (χ1) is 12.2. The molecule has 0 spiro atoms. The van der Waals surface area contributed by atoms with Gasteiger partial charge in [-0.05, 0) is 36.1 Å². The van der Waals surface area contributed by atoms with Gasteiger partial charge >= 0.3 is 5.97 Å². The zero-order valence-electron chi connectivity index (χ0n) is 13.6. The molecule has 0 amide bonds. The third kappa shape index (κ3) is 3.34. The molecule has 4 rings (SSSR count). The number of aryl methyl sites for hydroxylation is 1. The van der Waals surface area contributed by atoms with Crippen LogP contribution in [0.2, 0.25) is 0 Å². The highest BCUT2D eigenvalue weighted by Gasteiger charge is 2.17. The molecule has 0 unspecified atom stereocenters. The van der Waals surface area contributed by atoms with E-state index in [1.807, 2.05) is 66.9 Å². The molecule has 25 heavy (non-hydrogen) atoms. The predicted octanol–water partition coefficient (Wildman–Crippen LogP) is 5.69. The van der Waals surface area contributed by atoms with E-state index >= 15 is 0 Å². The lowest BCUT2D eigenvalue weighted by molar-refractivity contribution is 0.0479. The molecule has 0 atom stereocenters. The fraction of sp³-hybridized carbons (Fsp3) is 0.100. The van der Waals surface area contributed by atoms with Crippen LogP contribution < -0.4 is 0 Å². The monoisotopic (exact) mass is 365 g/mol. The molecule has 2 heterocycles. The first kappa shape index (κ1) is 16.0. The standard InChI is InChI=1S/C20H15NO2S2/c1-13-6-8-14(9-7-13)15-10-11-24-19(15)20(22)23-12-18-21-16-4-2-3-5-17(16)25-18/h2-11H,12H2,1H3. The molecule has 0 N–H and O–H groups in total. The summed E-state index contributed by atoms with van der Waals surface area (Å²) in [7, 11) is 0. The van der Waals surface area contributed by atoms with E-state index in [2.05, 4.69) is 4.98 Å². The normalized spacial score (nSPS) is 10.9. The SMILES string of the molecule is Cc1ccc(-c2ccsc2C(=O)OCc2nc3ccccc3s2)cc1. The van der Waals surface area contributed by atoms with Crippen LogP contribution in [0.4, 0.5) is 0 Å². The first-order valence-electron chi connectivity index (χ1n) is 7.87. The number of ether oxygens (including phenoxy) is 1. The summed E-state index contributed by atoms with van der Waals surface area (Å²) in [5.41, 5.74) is 4.08. The summed E-state index contributed by atoms with van der Waals surface area (Å²) < 4.78 is 6.61. The van der Waals surface area contributed by atoms with Crippen molar-refractivity contribution in [3.05, 3.63) is 75.4 Å². The van der Waals surface area contributed by atoms with E-state index in [9.17, 15) is 4.79 Å². The van der Waals surface area contributed by atoms with Gasteiger partial charge in [0.25, 0.3) is 0 Å². The minimum Gasteiger partial charge on any atom is -0.454 e. The van der Waals surface area contributed by atoms with Gasteiger partial charge in [-0.2, -0.15) is 0 Å². The fourth-order valence-electron chi connectivity index (χ4n) is 2.60. The Hall–Kier alpha value is -2.50. The van der Waals surface area contributed by atoms with Crippen molar-refractivity contribution in [1.82, 2.24) is 4.98 Å². The lowest BCUT2D eigenvalue weighted by Gasteiger charge is -2.05. The molecule has 0 aliphatic rings. The molecule has 2 aromatic heterocycles. The summed E-state index contributed by atoms with van der Waals surface area (Å²) in [6, 6.07) is 18.0. The minimum absolute atomic E-state index is 0.198. The lowest BCUT2D eigenvalue weighted by atomic mass is 10.1. The summed E-state index contributed by atoms with van der Waals surface area (Å²) in [5.74, 6) is -0.301. The number of hydrogen-bond acceptors (Lipinski definition) is 5. The van der Waals surface area contributed by atoms with Gasteiger partial charge in [-0.3, -0.25) is 0 Å². The maximum Gasteiger partial charge on any atom is 0.349 e. The maximum absolute atomic E-state index is 12.5. The number of rotatable bonds is 4. The molecular formula is C20H15NO2S2. The van der Waals surface area contributed by atoms with Crippen LogP contribution in [-0.4, -0.2) is 11.0 Å². The highest BCUT2D eigenvalue weighted by molar-refractivity contribution is 7.18. The summed E-state index contributed by atoms with van der Waals surface area (Å²) in [4.78, 5) is 17.7. The van der Waals surface area contributed by atoms with Gasteiger partial charge in [-0.1, -0.05) is 42.0 Å². The van der Waals surface area contributed by atoms with E-state index in [-0.39, 0.29) is 12.6 Å². The molecule has 124 valence electrons. The second-order valence-electron chi connectivity index (χ2n) is 5.68. The van der Waals surface area contributed by atoms with Crippen molar-refractivity contribution in [2.45, 2.75) is 13.5 Å². The van der Waals surface area contributed by atoms with Crippen molar-refractivity contribution in [1.29, 1.82) is 0 Å². The van der Waals surface area contributed by atoms with Crippen LogP contribution >= 0.6 is 22.7 Å². The first-order valence-corrected chi connectivity index (χ1v) is 9.56. The third-order valence-corrected chi connectivity index (χ3v) is 5.78. The van der Waals surface area contributed by atoms with E-state index in [1.54, 1.807) is 11.3 Å².